The van der Waals surface area contributed by atoms with Crippen molar-refractivity contribution in [2.24, 2.45) is 0 Å². The van der Waals surface area contributed by atoms with E-state index in [0.29, 0.717) is 23.3 Å². The number of carbonyl (C=O) groups excluding carboxylic acids is 1. The summed E-state index contributed by atoms with van der Waals surface area (Å²) in [6.45, 7) is 2.67. The third kappa shape index (κ3) is 3.77. The number of fused-ring (bicyclic) bond motifs is 1. The highest BCUT2D eigenvalue weighted by atomic mass is 32.1. The molecule has 1 amide bonds. The average molecular weight is 371 g/mol. The molecule has 1 N–H and O–H groups in total. The van der Waals surface area contributed by atoms with Crippen LogP contribution in [0, 0.1) is 0 Å². The predicted octanol–water partition coefficient (Wildman–Crippen LogP) is 2.34. The molecule has 26 heavy (non-hydrogen) atoms. The second kappa shape index (κ2) is 8.14. The Morgan fingerprint density at radius 3 is 2.62 bits per heavy atom. The second-order valence-corrected chi connectivity index (χ2v) is 6.99. The minimum atomic E-state index is -0.427. The van der Waals surface area contributed by atoms with Crippen LogP contribution in [-0.2, 0) is 24.4 Å². The Bertz CT molecular complexity index is 1020. The Morgan fingerprint density at radius 1 is 1.12 bits per heavy atom. The highest BCUT2D eigenvalue weighted by molar-refractivity contribution is 7.17. The van der Waals surface area contributed by atoms with Gasteiger partial charge in [0.05, 0.1) is 5.52 Å². The van der Waals surface area contributed by atoms with Crippen molar-refractivity contribution < 1.29 is 4.79 Å². The van der Waals surface area contributed by atoms with Crippen LogP contribution in [0.25, 0.3) is 10.2 Å². The maximum absolute atomic E-state index is 12.8. The largest absolute Gasteiger partial charge is 0.350 e. The van der Waals surface area contributed by atoms with E-state index in [1.165, 1.54) is 20.5 Å². The number of unbranched alkanes of at least 4 members (excludes halogenated alkanes) is 1. The Balaban J connectivity index is 1.87. The second-order valence-electron chi connectivity index (χ2n) is 6.08. The molecule has 0 saturated carbocycles. The van der Waals surface area contributed by atoms with Crippen molar-refractivity contribution in [1.82, 2.24) is 14.5 Å². The van der Waals surface area contributed by atoms with Gasteiger partial charge in [0.1, 0.15) is 11.2 Å². The maximum Gasteiger partial charge on any atom is 0.332 e. The topological polar surface area (TPSA) is 73.1 Å². The molecule has 0 unspecified atom stereocenters. The Kier molecular flexibility index (Phi) is 5.68. The van der Waals surface area contributed by atoms with Crippen LogP contribution < -0.4 is 16.6 Å². The summed E-state index contributed by atoms with van der Waals surface area (Å²) in [5.41, 5.74) is 0.813. The van der Waals surface area contributed by atoms with E-state index in [1.807, 2.05) is 37.3 Å². The van der Waals surface area contributed by atoms with E-state index in [0.717, 1.165) is 18.4 Å². The lowest BCUT2D eigenvalue weighted by atomic mass is 10.2. The quantitative estimate of drug-likeness (QED) is 0.693. The SMILES string of the molecule is CCCCn1c(=O)c2sccc2n(CC(=O)NCc2ccccc2)c1=O. The number of aromatic nitrogens is 2. The van der Waals surface area contributed by atoms with Crippen molar-refractivity contribution in [2.75, 3.05) is 0 Å². The first-order chi connectivity index (χ1) is 12.6. The minimum Gasteiger partial charge on any atom is -0.350 e. The molecule has 0 fully saturated rings. The molecule has 0 spiro atoms. The molecule has 0 aliphatic heterocycles. The van der Waals surface area contributed by atoms with Gasteiger partial charge in [0.25, 0.3) is 5.56 Å². The molecule has 2 aromatic heterocycles. The van der Waals surface area contributed by atoms with Crippen molar-refractivity contribution in [1.29, 1.82) is 0 Å². The van der Waals surface area contributed by atoms with E-state index in [9.17, 15) is 14.4 Å². The normalized spacial score (nSPS) is 11.0. The van der Waals surface area contributed by atoms with Gasteiger partial charge < -0.3 is 5.32 Å². The first kappa shape index (κ1) is 18.1. The number of carbonyl (C=O) groups is 1. The molecule has 136 valence electrons. The smallest absolute Gasteiger partial charge is 0.332 e. The molecule has 0 aliphatic carbocycles. The van der Waals surface area contributed by atoms with Crippen LogP contribution >= 0.6 is 11.3 Å². The average Bonchev–Trinajstić information content (AvgIpc) is 3.14. The third-order valence-electron chi connectivity index (χ3n) is 4.21. The number of nitrogens with one attached hydrogen (secondary N) is 1. The van der Waals surface area contributed by atoms with Gasteiger partial charge in [-0.15, -0.1) is 11.3 Å². The van der Waals surface area contributed by atoms with Crippen LogP contribution in [0.2, 0.25) is 0 Å². The fourth-order valence-corrected chi connectivity index (χ4v) is 3.64. The lowest BCUT2D eigenvalue weighted by Crippen LogP contribution is -2.42. The molecular weight excluding hydrogens is 350 g/mol. The van der Waals surface area contributed by atoms with Crippen LogP contribution in [0.3, 0.4) is 0 Å². The van der Waals surface area contributed by atoms with Gasteiger partial charge in [-0.05, 0) is 23.4 Å². The molecular formula is C19H21N3O3S. The van der Waals surface area contributed by atoms with E-state index in [4.69, 9.17) is 0 Å². The van der Waals surface area contributed by atoms with Crippen LogP contribution in [0.5, 0.6) is 0 Å². The van der Waals surface area contributed by atoms with Gasteiger partial charge in [-0.3, -0.25) is 18.7 Å². The van der Waals surface area contributed by atoms with Crippen LogP contribution in [0.15, 0.2) is 51.4 Å². The fraction of sp³-hybridized carbons (Fsp3) is 0.316. The maximum atomic E-state index is 12.8. The summed E-state index contributed by atoms with van der Waals surface area (Å²) in [4.78, 5) is 37.7. The number of rotatable bonds is 7. The van der Waals surface area contributed by atoms with Gasteiger partial charge in [-0.1, -0.05) is 43.7 Å². The van der Waals surface area contributed by atoms with Crippen molar-refractivity contribution in [3.05, 3.63) is 68.2 Å². The zero-order valence-electron chi connectivity index (χ0n) is 14.6. The molecule has 6 nitrogen and oxygen atoms in total. The number of nitrogens with zero attached hydrogens (tertiary/aromatic N) is 2. The molecule has 7 heteroatoms. The molecule has 0 saturated heterocycles. The molecule has 3 rings (SSSR count). The van der Waals surface area contributed by atoms with Crippen molar-refractivity contribution in [3.63, 3.8) is 0 Å². The molecule has 3 aromatic rings. The summed E-state index contributed by atoms with van der Waals surface area (Å²) in [5.74, 6) is -0.260. The lowest BCUT2D eigenvalue weighted by molar-refractivity contribution is -0.121. The molecule has 0 bridgehead atoms. The Labute approximate surface area is 154 Å². The Morgan fingerprint density at radius 2 is 1.88 bits per heavy atom. The van der Waals surface area contributed by atoms with Gasteiger partial charge in [-0.25, -0.2) is 4.79 Å². The summed E-state index contributed by atoms with van der Waals surface area (Å²) in [6.07, 6.45) is 1.62. The number of benzene rings is 1. The van der Waals surface area contributed by atoms with Crippen molar-refractivity contribution in [3.8, 4) is 0 Å². The van der Waals surface area contributed by atoms with Crippen LogP contribution in [0.1, 0.15) is 25.3 Å². The summed E-state index contributed by atoms with van der Waals surface area (Å²) >= 11 is 1.30. The molecule has 0 radical (unpaired) electrons. The predicted molar refractivity (Wildman–Crippen MR) is 104 cm³/mol. The highest BCUT2D eigenvalue weighted by Crippen LogP contribution is 2.15. The van der Waals surface area contributed by atoms with E-state index in [2.05, 4.69) is 5.32 Å². The number of hydrogen-bond donors (Lipinski definition) is 1. The van der Waals surface area contributed by atoms with Crippen molar-refractivity contribution in [2.45, 2.75) is 39.4 Å². The standard InChI is InChI=1S/C19H21N3O3S/c1-2-3-10-21-18(24)17-15(9-11-26-17)22(19(21)25)13-16(23)20-12-14-7-5-4-6-8-14/h4-9,11H,2-3,10,12-13H2,1H3,(H,20,23). The summed E-state index contributed by atoms with van der Waals surface area (Å²) in [5, 5.41) is 4.60. The van der Waals surface area contributed by atoms with E-state index in [1.54, 1.807) is 11.4 Å². The zero-order chi connectivity index (χ0) is 18.5. The third-order valence-corrected chi connectivity index (χ3v) is 5.10. The summed E-state index contributed by atoms with van der Waals surface area (Å²) in [7, 11) is 0. The van der Waals surface area contributed by atoms with Crippen LogP contribution in [-0.4, -0.2) is 15.0 Å². The van der Waals surface area contributed by atoms with Gasteiger partial charge in [0.2, 0.25) is 5.91 Å². The highest BCUT2D eigenvalue weighted by Gasteiger charge is 2.16. The van der Waals surface area contributed by atoms with E-state index >= 15 is 0 Å². The van der Waals surface area contributed by atoms with E-state index < -0.39 is 5.69 Å². The number of thiophene rings is 1. The molecule has 2 heterocycles. The zero-order valence-corrected chi connectivity index (χ0v) is 15.4. The van der Waals surface area contributed by atoms with Gasteiger partial charge in [0, 0.05) is 13.1 Å². The van der Waals surface area contributed by atoms with E-state index in [-0.39, 0.29) is 18.0 Å². The molecule has 1 aromatic carbocycles. The number of amides is 1. The van der Waals surface area contributed by atoms with Gasteiger partial charge >= 0.3 is 5.69 Å². The van der Waals surface area contributed by atoms with Gasteiger partial charge in [0.15, 0.2) is 0 Å². The van der Waals surface area contributed by atoms with Crippen molar-refractivity contribution >= 4 is 27.5 Å². The fourth-order valence-electron chi connectivity index (χ4n) is 2.80. The monoisotopic (exact) mass is 371 g/mol. The van der Waals surface area contributed by atoms with Gasteiger partial charge in [-0.2, -0.15) is 0 Å². The lowest BCUT2D eigenvalue weighted by Gasteiger charge is -2.12. The first-order valence-electron chi connectivity index (χ1n) is 8.63. The molecule has 0 aliphatic rings. The Hall–Kier alpha value is -2.67. The molecule has 0 atom stereocenters. The summed E-state index contributed by atoms with van der Waals surface area (Å²) in [6, 6.07) is 11.3. The summed E-state index contributed by atoms with van der Waals surface area (Å²) < 4.78 is 3.15. The number of hydrogen-bond acceptors (Lipinski definition) is 4. The van der Waals surface area contributed by atoms with Crippen LogP contribution in [0.4, 0.5) is 0 Å². The first-order valence-corrected chi connectivity index (χ1v) is 9.51. The minimum absolute atomic E-state index is 0.106.